The number of aromatic carboxylic acids is 1. The van der Waals surface area contributed by atoms with Gasteiger partial charge in [-0.05, 0) is 38.2 Å². The number of fused-ring (bicyclic) bond motifs is 4. The van der Waals surface area contributed by atoms with E-state index in [0.29, 0.717) is 30.8 Å². The second-order valence-electron chi connectivity index (χ2n) is 9.27. The van der Waals surface area contributed by atoms with Gasteiger partial charge in [0.25, 0.3) is 0 Å². The van der Waals surface area contributed by atoms with Crippen LogP contribution in [-0.2, 0) is 26.0 Å². The van der Waals surface area contributed by atoms with Crippen LogP contribution in [0.1, 0.15) is 17.3 Å². The second kappa shape index (κ2) is 13.3. The van der Waals surface area contributed by atoms with Crippen molar-refractivity contribution in [1.82, 2.24) is 19.4 Å². The van der Waals surface area contributed by atoms with E-state index in [-0.39, 0.29) is 37.3 Å². The number of hydrogen-bond donors (Lipinski definition) is 0. The predicted octanol–water partition coefficient (Wildman–Crippen LogP) is 0.0603. The van der Waals surface area contributed by atoms with Crippen LogP contribution < -0.4 is 27.8 Å². The first-order valence-electron chi connectivity index (χ1n) is 12.5. The third kappa shape index (κ3) is 6.14. The number of piperazine rings is 1. The molecule has 0 amide bonds. The van der Waals surface area contributed by atoms with Crippen LogP contribution in [0.15, 0.2) is 71.9 Å². The molecule has 0 atom stereocenters. The number of hydrogen-bond acceptors (Lipinski definition) is 7. The summed E-state index contributed by atoms with van der Waals surface area (Å²) >= 11 is 0. The number of pyridine rings is 3. The SMILES string of the molecule is CCn1cc(C(=O)[O-])c(=O)c2cc(F)c(N3CCN(C)CC3)cc21.[Cl-].[Zn+2].c1cnc2c(c1)ccc1cccnc12. The molecule has 2 aromatic carbocycles. The van der Waals surface area contributed by atoms with Crippen molar-refractivity contribution in [2.24, 2.45) is 0 Å². The summed E-state index contributed by atoms with van der Waals surface area (Å²) in [6.07, 6.45) is 4.87. The molecule has 40 heavy (non-hydrogen) atoms. The number of carbonyl (C=O) groups is 1. The van der Waals surface area contributed by atoms with E-state index in [2.05, 4.69) is 39.1 Å². The average molecular weight is 613 g/mol. The van der Waals surface area contributed by atoms with Gasteiger partial charge in [-0.15, -0.1) is 0 Å². The van der Waals surface area contributed by atoms with Crippen LogP contribution in [0.25, 0.3) is 32.7 Å². The van der Waals surface area contributed by atoms with Crippen LogP contribution in [0.4, 0.5) is 10.1 Å². The Bertz CT molecular complexity index is 1670. The molecule has 0 aliphatic carbocycles. The normalized spacial score (nSPS) is 13.3. The minimum atomic E-state index is -1.55. The molecule has 3 aromatic heterocycles. The number of anilines is 1. The molecule has 0 bridgehead atoms. The van der Waals surface area contributed by atoms with Crippen LogP contribution in [0.3, 0.4) is 0 Å². The maximum Gasteiger partial charge on any atom is 2.00 e. The number of aryl methyl sites for hydroxylation is 1. The van der Waals surface area contributed by atoms with Crippen LogP contribution in [0.2, 0.25) is 0 Å². The molecule has 6 rings (SSSR count). The molecule has 11 heteroatoms. The Morgan fingerprint density at radius 3 is 2.08 bits per heavy atom. The van der Waals surface area contributed by atoms with Gasteiger partial charge in [-0.2, -0.15) is 0 Å². The van der Waals surface area contributed by atoms with Gasteiger partial charge in [0.1, 0.15) is 5.82 Å². The van der Waals surface area contributed by atoms with Gasteiger partial charge in [0.05, 0.1) is 33.8 Å². The number of aromatic nitrogens is 3. The molecule has 1 aliphatic rings. The fourth-order valence-corrected chi connectivity index (χ4v) is 4.78. The molecule has 202 valence electrons. The van der Waals surface area contributed by atoms with E-state index < -0.39 is 22.8 Å². The summed E-state index contributed by atoms with van der Waals surface area (Å²) in [6.45, 7) is 5.37. The van der Waals surface area contributed by atoms with E-state index >= 15 is 0 Å². The van der Waals surface area contributed by atoms with Crippen LogP contribution in [0.5, 0.6) is 0 Å². The molecule has 0 spiro atoms. The standard InChI is InChI=1S/C17H20FN3O3.C12H8N2.ClH.Zn/c1-3-20-10-12(17(23)24)16(22)11-8-13(18)15(9-14(11)20)21-6-4-19(2)5-7-21;1-3-9-5-6-10-4-2-8-14-12(10)11(9)13-7-1;;/h8-10H,3-7H2,1-2H3,(H,23,24);1-8H;1H;/q;;;+2/p-2. The molecular weight excluding hydrogens is 586 g/mol. The summed E-state index contributed by atoms with van der Waals surface area (Å²) in [5.41, 5.74) is 1.77. The van der Waals surface area contributed by atoms with Crippen LogP contribution in [-0.4, -0.2) is 58.6 Å². The first-order valence-corrected chi connectivity index (χ1v) is 12.5. The molecular formula is C29H27ClFN5O3Zn. The Morgan fingerprint density at radius 2 is 1.55 bits per heavy atom. The number of benzene rings is 2. The predicted molar refractivity (Wildman–Crippen MR) is 145 cm³/mol. The summed E-state index contributed by atoms with van der Waals surface area (Å²) in [6, 6.07) is 14.9. The van der Waals surface area contributed by atoms with Gasteiger partial charge in [-0.25, -0.2) is 4.39 Å². The van der Waals surface area contributed by atoms with Crippen molar-refractivity contribution in [3.8, 4) is 0 Å². The maximum atomic E-state index is 14.6. The molecule has 0 radical (unpaired) electrons. The van der Waals surface area contributed by atoms with E-state index in [0.717, 1.165) is 41.0 Å². The summed E-state index contributed by atoms with van der Waals surface area (Å²) < 4.78 is 16.2. The first-order chi connectivity index (χ1) is 18.4. The zero-order valence-corrected chi connectivity index (χ0v) is 26.0. The smallest absolute Gasteiger partial charge is 1.00 e. The summed E-state index contributed by atoms with van der Waals surface area (Å²) in [5, 5.41) is 13.5. The summed E-state index contributed by atoms with van der Waals surface area (Å²) in [7, 11) is 2.02. The van der Waals surface area contributed by atoms with Crippen molar-refractivity contribution in [2.45, 2.75) is 13.5 Å². The Balaban J connectivity index is 0.000000235. The number of halogens is 2. The molecule has 8 nitrogen and oxygen atoms in total. The van der Waals surface area contributed by atoms with E-state index in [1.165, 1.54) is 6.20 Å². The minimum absolute atomic E-state index is 0. The first kappa shape index (κ1) is 31.1. The van der Waals surface area contributed by atoms with Crippen molar-refractivity contribution in [3.05, 3.63) is 88.7 Å². The Kier molecular flexibility index (Phi) is 10.3. The van der Waals surface area contributed by atoms with Crippen molar-refractivity contribution >= 4 is 44.4 Å². The Morgan fingerprint density at radius 1 is 0.975 bits per heavy atom. The van der Waals surface area contributed by atoms with Gasteiger partial charge in [-0.1, -0.05) is 24.3 Å². The third-order valence-electron chi connectivity index (χ3n) is 6.90. The second-order valence-corrected chi connectivity index (χ2v) is 9.27. The van der Waals surface area contributed by atoms with Crippen molar-refractivity contribution < 1.29 is 46.2 Å². The van der Waals surface area contributed by atoms with E-state index in [4.69, 9.17) is 0 Å². The van der Waals surface area contributed by atoms with Crippen molar-refractivity contribution in [2.75, 3.05) is 38.1 Å². The summed E-state index contributed by atoms with van der Waals surface area (Å²) in [5.74, 6) is -2.06. The maximum absolute atomic E-state index is 14.6. The van der Waals surface area contributed by atoms with Crippen molar-refractivity contribution in [3.63, 3.8) is 0 Å². The monoisotopic (exact) mass is 611 g/mol. The molecule has 4 heterocycles. The molecule has 5 aromatic rings. The zero-order valence-electron chi connectivity index (χ0n) is 22.3. The number of rotatable bonds is 3. The van der Waals surface area contributed by atoms with Gasteiger partial charge in [0.2, 0.25) is 0 Å². The number of carboxylic acids is 1. The van der Waals surface area contributed by atoms with Gasteiger partial charge < -0.3 is 36.7 Å². The average Bonchev–Trinajstić information content (AvgIpc) is 2.94. The Hall–Kier alpha value is -3.46. The van der Waals surface area contributed by atoms with Crippen LogP contribution >= 0.6 is 0 Å². The minimum Gasteiger partial charge on any atom is -1.00 e. The van der Waals surface area contributed by atoms with Crippen LogP contribution in [0, 0.1) is 5.82 Å². The molecule has 1 fully saturated rings. The molecule has 0 saturated carbocycles. The zero-order chi connectivity index (χ0) is 26.8. The van der Waals surface area contributed by atoms with Gasteiger partial charge in [-0.3, -0.25) is 14.8 Å². The number of nitrogens with zero attached hydrogens (tertiary/aromatic N) is 5. The number of carbonyl (C=O) groups excluding carboxylic acids is 1. The molecule has 1 aliphatic heterocycles. The largest absolute Gasteiger partial charge is 2.00 e. The van der Waals surface area contributed by atoms with E-state index in [1.807, 2.05) is 31.0 Å². The fourth-order valence-electron chi connectivity index (χ4n) is 4.78. The molecule has 0 N–H and O–H groups in total. The van der Waals surface area contributed by atoms with Gasteiger partial charge in [0.15, 0.2) is 5.43 Å². The fraction of sp³-hybridized carbons (Fsp3) is 0.241. The Labute approximate surface area is 249 Å². The molecule has 0 unspecified atom stereocenters. The topological polar surface area (TPSA) is 94.4 Å². The number of likely N-dealkylation sites (N-methyl/N-ethyl adjacent to an activating group) is 1. The number of carboxylic acid groups (broad SMARTS) is 1. The van der Waals surface area contributed by atoms with Crippen molar-refractivity contribution in [1.29, 1.82) is 0 Å². The molecule has 1 saturated heterocycles. The van der Waals surface area contributed by atoms with E-state index in [1.54, 1.807) is 23.0 Å². The summed E-state index contributed by atoms with van der Waals surface area (Å²) in [4.78, 5) is 36.2. The van der Waals surface area contributed by atoms with Gasteiger partial charge in [0, 0.05) is 67.5 Å². The van der Waals surface area contributed by atoms with E-state index in [9.17, 15) is 19.1 Å². The quantitative estimate of drug-likeness (QED) is 0.210. The third-order valence-corrected chi connectivity index (χ3v) is 6.90. The van der Waals surface area contributed by atoms with Gasteiger partial charge >= 0.3 is 19.5 Å².